The summed E-state index contributed by atoms with van der Waals surface area (Å²) in [6.07, 6.45) is 26.3. The molecule has 10 heteroatoms. The van der Waals surface area contributed by atoms with Crippen LogP contribution in [0.2, 0.25) is 0 Å². The lowest BCUT2D eigenvalue weighted by Crippen LogP contribution is -2.39. The summed E-state index contributed by atoms with van der Waals surface area (Å²) >= 11 is 0. The van der Waals surface area contributed by atoms with Gasteiger partial charge in [-0.1, -0.05) is 135 Å². The fourth-order valence-electron chi connectivity index (χ4n) is 6.80. The van der Waals surface area contributed by atoms with Crippen molar-refractivity contribution >= 4 is 35.4 Å². The van der Waals surface area contributed by atoms with Gasteiger partial charge in [0, 0.05) is 12.8 Å². The molecule has 0 heterocycles. The molecule has 60 heavy (non-hydrogen) atoms. The summed E-state index contributed by atoms with van der Waals surface area (Å²) in [7, 11) is 2.51. The number of rotatable bonds is 18. The number of carbonyl (C=O) groups excluding carboxylic acids is 6. The number of hydrogen-bond acceptors (Lipinski definition) is 10. The number of Topliss-reactive ketones (excluding diaryl/α,β-unsaturated/α-hetero) is 2. The van der Waals surface area contributed by atoms with Crippen LogP contribution >= 0.6 is 0 Å². The first-order valence-electron chi connectivity index (χ1n) is 20.2. The van der Waals surface area contributed by atoms with Gasteiger partial charge in [-0.05, 0) is 74.7 Å². The molecule has 0 radical (unpaired) electrons. The van der Waals surface area contributed by atoms with Crippen molar-refractivity contribution in [3.05, 3.63) is 130 Å². The Bertz CT molecular complexity index is 1850. The second kappa shape index (κ2) is 23.8. The van der Waals surface area contributed by atoms with Crippen LogP contribution in [0.25, 0.3) is 0 Å². The van der Waals surface area contributed by atoms with Crippen molar-refractivity contribution in [2.75, 3.05) is 14.2 Å². The van der Waals surface area contributed by atoms with Gasteiger partial charge in [-0.15, -0.1) is 0 Å². The molecular weight excluding hydrogens is 761 g/mol. The molecule has 0 amide bonds. The van der Waals surface area contributed by atoms with Crippen LogP contribution in [0.15, 0.2) is 130 Å². The number of ketones is 2. The Morgan fingerprint density at radius 2 is 0.817 bits per heavy atom. The highest BCUT2D eigenvalue weighted by Gasteiger charge is 2.41. The summed E-state index contributed by atoms with van der Waals surface area (Å²) in [5.41, 5.74) is 6.24. The average Bonchev–Trinajstić information content (AvgIpc) is 3.18. The van der Waals surface area contributed by atoms with E-state index in [0.29, 0.717) is 24.0 Å². The van der Waals surface area contributed by atoms with Crippen molar-refractivity contribution in [1.29, 1.82) is 0 Å². The molecule has 0 saturated carbocycles. The molecule has 0 bridgehead atoms. The topological polar surface area (TPSA) is 139 Å². The highest BCUT2D eigenvalue weighted by Crippen LogP contribution is 2.42. The molecule has 10 nitrogen and oxygen atoms in total. The van der Waals surface area contributed by atoms with Gasteiger partial charge in [0.15, 0.2) is 23.8 Å². The molecule has 0 aliphatic heterocycles. The molecule has 0 spiro atoms. The van der Waals surface area contributed by atoms with E-state index in [-0.39, 0.29) is 37.2 Å². The van der Waals surface area contributed by atoms with Crippen LogP contribution in [0.1, 0.15) is 108 Å². The van der Waals surface area contributed by atoms with Crippen molar-refractivity contribution in [3.63, 3.8) is 0 Å². The molecule has 2 aliphatic rings. The Morgan fingerprint density at radius 1 is 0.517 bits per heavy atom. The van der Waals surface area contributed by atoms with Crippen molar-refractivity contribution in [3.8, 4) is 0 Å². The molecular formula is C50H64O10. The first kappa shape index (κ1) is 50.5. The zero-order chi connectivity index (χ0) is 45.2. The second-order valence-electron chi connectivity index (χ2n) is 16.5. The lowest BCUT2D eigenvalue weighted by molar-refractivity contribution is -0.158. The minimum Gasteiger partial charge on any atom is -0.469 e. The van der Waals surface area contributed by atoms with E-state index in [1.807, 2.05) is 140 Å². The summed E-state index contributed by atoms with van der Waals surface area (Å²) in [4.78, 5) is 73.4. The molecule has 0 aromatic carbocycles. The van der Waals surface area contributed by atoms with E-state index in [1.54, 1.807) is 13.8 Å². The fraction of sp³-hybridized carbons (Fsp3) is 0.440. The van der Waals surface area contributed by atoms with Gasteiger partial charge in [-0.25, -0.2) is 0 Å². The fourth-order valence-corrected chi connectivity index (χ4v) is 6.80. The van der Waals surface area contributed by atoms with Gasteiger partial charge >= 0.3 is 23.9 Å². The Labute approximate surface area is 356 Å². The van der Waals surface area contributed by atoms with Crippen LogP contribution in [0.3, 0.4) is 0 Å². The lowest BCUT2D eigenvalue weighted by Gasteiger charge is -2.36. The predicted molar refractivity (Wildman–Crippen MR) is 235 cm³/mol. The maximum absolute atomic E-state index is 13.1. The molecule has 0 aromatic rings. The summed E-state index contributed by atoms with van der Waals surface area (Å²) in [5.74, 6) is -2.65. The van der Waals surface area contributed by atoms with E-state index >= 15 is 0 Å². The number of esters is 4. The normalized spacial score (nSPS) is 20.7. The van der Waals surface area contributed by atoms with E-state index in [1.165, 1.54) is 14.2 Å². The third-order valence-corrected chi connectivity index (χ3v) is 10.3. The average molecular weight is 825 g/mol. The Kier molecular flexibility index (Phi) is 20.1. The lowest BCUT2D eigenvalue weighted by atomic mass is 9.71. The summed E-state index contributed by atoms with van der Waals surface area (Å²) in [6, 6.07) is 0. The number of ether oxygens (including phenoxy) is 4. The van der Waals surface area contributed by atoms with Gasteiger partial charge in [0.05, 0.1) is 39.9 Å². The SMILES string of the molecule is COC(=O)CCC(=O)O[C@H]1CC(C)(C)C(/C=C/C(C)=C/C=C/C(C)=C/C=C/C=C(C)/C=C/C=C(C)/C=C/C2=C(C)C(=O)[C@@H](OC(=O)CCC(=O)OC)CC2(C)C)=C(C)C1=O. The monoisotopic (exact) mass is 824 g/mol. The predicted octanol–water partition coefficient (Wildman–Crippen LogP) is 9.91. The van der Waals surface area contributed by atoms with E-state index in [9.17, 15) is 28.8 Å². The molecule has 0 aromatic heterocycles. The van der Waals surface area contributed by atoms with Crippen molar-refractivity contribution in [2.45, 2.75) is 120 Å². The zero-order valence-corrected chi connectivity index (χ0v) is 37.6. The number of hydrogen-bond donors (Lipinski definition) is 0. The molecule has 2 atom stereocenters. The first-order chi connectivity index (χ1) is 28.1. The molecule has 0 fully saturated rings. The Hall–Kier alpha value is -5.64. The zero-order valence-electron chi connectivity index (χ0n) is 37.6. The molecule has 0 N–H and O–H groups in total. The first-order valence-corrected chi connectivity index (χ1v) is 20.2. The van der Waals surface area contributed by atoms with Gasteiger partial charge < -0.3 is 18.9 Å². The van der Waals surface area contributed by atoms with Gasteiger partial charge in [0.1, 0.15) is 0 Å². The third-order valence-electron chi connectivity index (χ3n) is 10.3. The van der Waals surface area contributed by atoms with Crippen molar-refractivity contribution in [2.24, 2.45) is 10.8 Å². The number of carbonyl (C=O) groups is 6. The summed E-state index contributed by atoms with van der Waals surface area (Å²) < 4.78 is 20.1. The van der Waals surface area contributed by atoms with Crippen LogP contribution in [-0.4, -0.2) is 61.9 Å². The van der Waals surface area contributed by atoms with Crippen LogP contribution in [-0.2, 0) is 47.7 Å². The van der Waals surface area contributed by atoms with Crippen LogP contribution in [0.5, 0.6) is 0 Å². The molecule has 0 saturated heterocycles. The van der Waals surface area contributed by atoms with Crippen LogP contribution in [0.4, 0.5) is 0 Å². The standard InChI is InChI=1S/C50H64O10/c1-33(19-15-21-35(3)23-25-39-37(5)47(55)41(31-49(39,7)8)59-45(53)29-27-43(51)57-11)17-13-14-18-34(2)20-16-22-36(4)24-26-40-38(6)48(56)42(32-50(40,9)10)60-46(54)30-28-44(52)58-12/h13-26,41-42H,27-32H2,1-12H3/b14-13+,19-15+,20-16+,25-23+,26-24+,33-17+,34-18+,35-21+,36-22+/t41-,42-/m0/s1. The van der Waals surface area contributed by atoms with Gasteiger partial charge in [0.2, 0.25) is 0 Å². The maximum Gasteiger partial charge on any atom is 0.307 e. The minimum atomic E-state index is -0.882. The van der Waals surface area contributed by atoms with Crippen LogP contribution < -0.4 is 0 Å². The molecule has 2 aliphatic carbocycles. The van der Waals surface area contributed by atoms with Crippen LogP contribution in [0, 0.1) is 10.8 Å². The van der Waals surface area contributed by atoms with Gasteiger partial charge in [-0.2, -0.15) is 0 Å². The molecule has 324 valence electrons. The Balaban J connectivity index is 1.97. The summed E-state index contributed by atoms with van der Waals surface area (Å²) in [6.45, 7) is 19.6. The van der Waals surface area contributed by atoms with Crippen molar-refractivity contribution in [1.82, 2.24) is 0 Å². The van der Waals surface area contributed by atoms with E-state index in [2.05, 4.69) is 9.47 Å². The maximum atomic E-state index is 13.1. The van der Waals surface area contributed by atoms with Gasteiger partial charge in [-0.3, -0.25) is 28.8 Å². The molecule has 2 rings (SSSR count). The quantitative estimate of drug-likeness (QED) is 0.0746. The highest BCUT2D eigenvalue weighted by atomic mass is 16.6. The largest absolute Gasteiger partial charge is 0.469 e. The Morgan fingerprint density at radius 3 is 1.15 bits per heavy atom. The minimum absolute atomic E-state index is 0.0913. The van der Waals surface area contributed by atoms with Crippen molar-refractivity contribution < 1.29 is 47.7 Å². The molecule has 0 unspecified atom stereocenters. The van der Waals surface area contributed by atoms with E-state index < -0.39 is 46.9 Å². The number of methoxy groups -OCH3 is 2. The van der Waals surface area contributed by atoms with E-state index in [4.69, 9.17) is 9.47 Å². The van der Waals surface area contributed by atoms with Gasteiger partial charge in [0.25, 0.3) is 0 Å². The highest BCUT2D eigenvalue weighted by molar-refractivity contribution is 6.02. The summed E-state index contributed by atoms with van der Waals surface area (Å²) in [5, 5.41) is 0. The smallest absolute Gasteiger partial charge is 0.307 e. The number of allylic oxidation sites excluding steroid dienone is 20. The third kappa shape index (κ3) is 16.5. The second-order valence-corrected chi connectivity index (χ2v) is 16.5. The van der Waals surface area contributed by atoms with E-state index in [0.717, 1.165) is 33.4 Å².